The van der Waals surface area contributed by atoms with E-state index >= 15 is 0 Å². The van der Waals surface area contributed by atoms with E-state index in [0.29, 0.717) is 41.2 Å². The van der Waals surface area contributed by atoms with Gasteiger partial charge in [0.05, 0.1) is 29.2 Å². The molecule has 42 heavy (non-hydrogen) atoms. The maximum atomic E-state index is 12.8. The lowest BCUT2D eigenvalue weighted by Gasteiger charge is -2.35. The maximum Gasteiger partial charge on any atom is 0.409 e. The van der Waals surface area contributed by atoms with E-state index in [4.69, 9.17) is 5.11 Å². The van der Waals surface area contributed by atoms with E-state index in [1.165, 1.54) is 0 Å². The van der Waals surface area contributed by atoms with Gasteiger partial charge in [0.2, 0.25) is 5.91 Å². The lowest BCUT2D eigenvalue weighted by atomic mass is 10.0. The van der Waals surface area contributed by atoms with Crippen LogP contribution in [0.5, 0.6) is 0 Å². The summed E-state index contributed by atoms with van der Waals surface area (Å²) in [6, 6.07) is 17.4. The van der Waals surface area contributed by atoms with Crippen LogP contribution in [0.4, 0.5) is 16.2 Å². The molecule has 0 bridgehead atoms. The van der Waals surface area contributed by atoms with Crippen LogP contribution in [0.15, 0.2) is 60.8 Å². The van der Waals surface area contributed by atoms with Gasteiger partial charge in [-0.15, -0.1) is 0 Å². The van der Waals surface area contributed by atoms with Crippen LogP contribution in [0, 0.1) is 11.3 Å². The van der Waals surface area contributed by atoms with Gasteiger partial charge in [0.1, 0.15) is 6.07 Å². The molecule has 0 aliphatic carbocycles. The Morgan fingerprint density at radius 3 is 2.17 bits per heavy atom. The number of hydrogen-bond acceptors (Lipinski definition) is 7. The number of carbonyl (C=O) groups is 3. The molecule has 1 aromatic heterocycles. The summed E-state index contributed by atoms with van der Waals surface area (Å²) in [5.74, 6) is -0.169. The number of carbonyl (C=O) groups excluding carboxylic acids is 2. The molecular weight excluding hydrogens is 534 g/mol. The van der Waals surface area contributed by atoms with Crippen LogP contribution in [0.1, 0.15) is 34.3 Å². The molecule has 2 aliphatic rings. The predicted octanol–water partition coefficient (Wildman–Crippen LogP) is 3.70. The zero-order valence-corrected chi connectivity index (χ0v) is 23.3. The summed E-state index contributed by atoms with van der Waals surface area (Å²) in [6.45, 7) is 6.27. The second kappa shape index (κ2) is 13.2. The standard InChI is InChI=1S/C31H33N7O4/c32-18-25-17-22(20-36-13-15-37(16-14-36)21-28(39)38-11-3-4-12-38)19-33-29(25)23-7-9-24(10-8-23)30(40)34-26-5-1-2-6-27(26)35-31(41)42/h1-2,5-10,17,19,35H,3-4,11-16,20-21H2,(H,34,40)(H,41,42). The average Bonchev–Trinajstić information content (AvgIpc) is 3.54. The van der Waals surface area contributed by atoms with Crippen molar-refractivity contribution >= 4 is 29.3 Å². The summed E-state index contributed by atoms with van der Waals surface area (Å²) in [5, 5.41) is 23.9. The van der Waals surface area contributed by atoms with E-state index in [0.717, 1.165) is 57.7 Å². The fourth-order valence-electron chi connectivity index (χ4n) is 5.32. The zero-order chi connectivity index (χ0) is 29.5. The maximum absolute atomic E-state index is 12.8. The Labute approximate surface area is 244 Å². The number of benzene rings is 2. The van der Waals surface area contributed by atoms with Gasteiger partial charge in [0.15, 0.2) is 0 Å². The molecule has 0 spiro atoms. The van der Waals surface area contributed by atoms with E-state index < -0.39 is 12.0 Å². The number of para-hydroxylation sites is 2. The summed E-state index contributed by atoms with van der Waals surface area (Å²) in [7, 11) is 0. The van der Waals surface area contributed by atoms with E-state index in [1.54, 1.807) is 54.7 Å². The second-order valence-electron chi connectivity index (χ2n) is 10.5. The molecule has 0 unspecified atom stereocenters. The van der Waals surface area contributed by atoms with Crippen molar-refractivity contribution in [3.63, 3.8) is 0 Å². The normalized spacial score (nSPS) is 15.6. The number of aromatic nitrogens is 1. The fourth-order valence-corrected chi connectivity index (χ4v) is 5.32. The van der Waals surface area contributed by atoms with E-state index in [-0.39, 0.29) is 11.6 Å². The Morgan fingerprint density at radius 1 is 0.881 bits per heavy atom. The van der Waals surface area contributed by atoms with Crippen LogP contribution in [0.3, 0.4) is 0 Å². The first-order chi connectivity index (χ1) is 20.4. The number of likely N-dealkylation sites (tertiary alicyclic amines) is 1. The van der Waals surface area contributed by atoms with Crippen LogP contribution in [-0.2, 0) is 11.3 Å². The molecular formula is C31H33N7O4. The van der Waals surface area contributed by atoms with Crippen molar-refractivity contribution in [2.45, 2.75) is 19.4 Å². The highest BCUT2D eigenvalue weighted by molar-refractivity contribution is 6.07. The van der Waals surface area contributed by atoms with Gasteiger partial charge in [-0.2, -0.15) is 5.26 Å². The van der Waals surface area contributed by atoms with Gasteiger partial charge < -0.3 is 15.3 Å². The lowest BCUT2D eigenvalue weighted by molar-refractivity contribution is -0.131. The predicted molar refractivity (Wildman–Crippen MR) is 158 cm³/mol. The number of nitriles is 1. The molecule has 216 valence electrons. The molecule has 11 heteroatoms. The number of anilines is 2. The number of nitrogens with one attached hydrogen (secondary N) is 2. The fraction of sp³-hybridized carbons (Fsp3) is 0.323. The number of piperazine rings is 1. The zero-order valence-electron chi connectivity index (χ0n) is 23.3. The minimum atomic E-state index is -1.23. The van der Waals surface area contributed by atoms with Crippen molar-refractivity contribution in [1.82, 2.24) is 19.7 Å². The number of nitrogens with zero attached hydrogens (tertiary/aromatic N) is 5. The smallest absolute Gasteiger partial charge is 0.409 e. The van der Waals surface area contributed by atoms with Crippen LogP contribution in [0.2, 0.25) is 0 Å². The third-order valence-electron chi connectivity index (χ3n) is 7.59. The Hall–Kier alpha value is -4.79. The van der Waals surface area contributed by atoms with Crippen molar-refractivity contribution in [3.05, 3.63) is 77.5 Å². The molecule has 0 saturated carbocycles. The quantitative estimate of drug-likeness (QED) is 0.374. The first-order valence-corrected chi connectivity index (χ1v) is 14.0. The molecule has 2 aliphatic heterocycles. The first kappa shape index (κ1) is 28.7. The summed E-state index contributed by atoms with van der Waals surface area (Å²) in [6.07, 6.45) is 2.76. The monoisotopic (exact) mass is 567 g/mol. The Kier molecular flexibility index (Phi) is 9.06. The van der Waals surface area contributed by atoms with E-state index in [2.05, 4.69) is 31.5 Å². The lowest BCUT2D eigenvalue weighted by Crippen LogP contribution is -2.49. The SMILES string of the molecule is N#Cc1cc(CN2CCN(CC(=O)N3CCCC3)CC2)cnc1-c1ccc(C(=O)Nc2ccccc2NC(=O)O)cc1. The van der Waals surface area contributed by atoms with Crippen LogP contribution >= 0.6 is 0 Å². The van der Waals surface area contributed by atoms with Gasteiger partial charge in [-0.25, -0.2) is 4.79 Å². The molecule has 0 radical (unpaired) electrons. The highest BCUT2D eigenvalue weighted by atomic mass is 16.4. The number of carboxylic acid groups (broad SMARTS) is 1. The Morgan fingerprint density at radius 2 is 1.52 bits per heavy atom. The largest absolute Gasteiger partial charge is 0.465 e. The minimum absolute atomic E-state index is 0.228. The molecule has 0 atom stereocenters. The summed E-state index contributed by atoms with van der Waals surface area (Å²) in [5.41, 5.74) is 3.63. The topological polar surface area (TPSA) is 142 Å². The molecule has 3 aromatic rings. The Bertz CT molecular complexity index is 1490. The van der Waals surface area contributed by atoms with Crippen LogP contribution < -0.4 is 10.6 Å². The highest BCUT2D eigenvalue weighted by Crippen LogP contribution is 2.25. The molecule has 3 amide bonds. The highest BCUT2D eigenvalue weighted by Gasteiger charge is 2.24. The molecule has 2 fully saturated rings. The van der Waals surface area contributed by atoms with Crippen molar-refractivity contribution in [1.29, 1.82) is 5.26 Å². The average molecular weight is 568 g/mol. The number of amides is 3. The Balaban J connectivity index is 1.18. The molecule has 11 nitrogen and oxygen atoms in total. The van der Waals surface area contributed by atoms with E-state index in [1.807, 2.05) is 11.0 Å². The third kappa shape index (κ3) is 7.09. The van der Waals surface area contributed by atoms with Gasteiger partial charge in [-0.1, -0.05) is 24.3 Å². The summed E-state index contributed by atoms with van der Waals surface area (Å²) >= 11 is 0. The van der Waals surface area contributed by atoms with Crippen LogP contribution in [-0.4, -0.2) is 88.5 Å². The third-order valence-corrected chi connectivity index (χ3v) is 7.59. The number of pyridine rings is 1. The molecule has 2 saturated heterocycles. The van der Waals surface area contributed by atoms with Crippen molar-refractivity contribution < 1.29 is 19.5 Å². The van der Waals surface area contributed by atoms with Gasteiger partial charge in [-0.05, 0) is 48.7 Å². The summed E-state index contributed by atoms with van der Waals surface area (Å²) < 4.78 is 0. The first-order valence-electron chi connectivity index (χ1n) is 14.0. The van der Waals surface area contributed by atoms with Gasteiger partial charge >= 0.3 is 6.09 Å². The summed E-state index contributed by atoms with van der Waals surface area (Å²) in [4.78, 5) is 47.4. The number of hydrogen-bond donors (Lipinski definition) is 3. The van der Waals surface area contributed by atoms with Gasteiger partial charge in [0.25, 0.3) is 5.91 Å². The van der Waals surface area contributed by atoms with Gasteiger partial charge in [-0.3, -0.25) is 29.7 Å². The van der Waals surface area contributed by atoms with Crippen molar-refractivity contribution in [2.24, 2.45) is 0 Å². The molecule has 3 heterocycles. The van der Waals surface area contributed by atoms with Crippen molar-refractivity contribution in [3.8, 4) is 17.3 Å². The van der Waals surface area contributed by atoms with Crippen molar-refractivity contribution in [2.75, 3.05) is 56.4 Å². The molecule has 5 rings (SSSR count). The minimum Gasteiger partial charge on any atom is -0.465 e. The second-order valence-corrected chi connectivity index (χ2v) is 10.5. The van der Waals surface area contributed by atoms with Crippen LogP contribution in [0.25, 0.3) is 11.3 Å². The number of rotatable bonds is 8. The molecule has 3 N–H and O–H groups in total. The van der Waals surface area contributed by atoms with Gasteiger partial charge in [0, 0.05) is 63.1 Å². The van der Waals surface area contributed by atoms with E-state index in [9.17, 15) is 19.6 Å². The molecule has 2 aromatic carbocycles.